The van der Waals surface area contributed by atoms with Crippen LogP contribution in [0.5, 0.6) is 23.0 Å². The van der Waals surface area contributed by atoms with Crippen molar-refractivity contribution < 1.29 is 33.6 Å². The Hall–Kier alpha value is -4.04. The van der Waals surface area contributed by atoms with Crippen LogP contribution in [0, 0.1) is 0 Å². The van der Waals surface area contributed by atoms with E-state index in [1.54, 1.807) is 48.5 Å². The summed E-state index contributed by atoms with van der Waals surface area (Å²) in [5.41, 5.74) is 0.00867. The van der Waals surface area contributed by atoms with Crippen molar-refractivity contribution in [2.45, 2.75) is 18.6 Å². The first-order valence-corrected chi connectivity index (χ1v) is 10.7. The quantitative estimate of drug-likeness (QED) is 0.539. The minimum absolute atomic E-state index is 0.154. The molecule has 0 saturated heterocycles. The van der Waals surface area contributed by atoms with E-state index in [4.69, 9.17) is 18.9 Å². The van der Waals surface area contributed by atoms with Crippen LogP contribution in [-0.2, 0) is 16.9 Å². The third-order valence-electron chi connectivity index (χ3n) is 6.14. The number of para-hydroxylation sites is 1. The number of nitrogens with zero attached hydrogens (tertiary/aromatic N) is 1. The van der Waals surface area contributed by atoms with Crippen molar-refractivity contribution in [2.24, 2.45) is 0 Å². The number of amides is 1. The highest BCUT2D eigenvalue weighted by Gasteiger charge is 2.51. The van der Waals surface area contributed by atoms with E-state index in [1.807, 2.05) is 12.1 Å². The van der Waals surface area contributed by atoms with Gasteiger partial charge in [0.1, 0.15) is 11.5 Å². The predicted octanol–water partition coefficient (Wildman–Crippen LogP) is 3.44. The number of ketones is 1. The summed E-state index contributed by atoms with van der Waals surface area (Å²) in [6.45, 7) is 0.357. The Morgan fingerprint density at radius 1 is 1.03 bits per heavy atom. The van der Waals surface area contributed by atoms with E-state index < -0.39 is 23.7 Å². The molecule has 34 heavy (non-hydrogen) atoms. The van der Waals surface area contributed by atoms with Crippen molar-refractivity contribution in [3.63, 3.8) is 0 Å². The predicted molar refractivity (Wildman–Crippen MR) is 123 cm³/mol. The summed E-state index contributed by atoms with van der Waals surface area (Å²) in [6, 6.07) is 17.2. The monoisotopic (exact) mass is 461 g/mol. The van der Waals surface area contributed by atoms with Crippen molar-refractivity contribution >= 4 is 17.4 Å². The molecule has 0 saturated carbocycles. The summed E-state index contributed by atoms with van der Waals surface area (Å²) in [6.07, 6.45) is -0.427. The molecule has 8 nitrogen and oxygen atoms in total. The minimum Gasteiger partial charge on any atom is -0.497 e. The van der Waals surface area contributed by atoms with Crippen LogP contribution in [0.4, 0.5) is 5.69 Å². The largest absolute Gasteiger partial charge is 0.497 e. The molecule has 1 amide bonds. The molecule has 2 aliphatic heterocycles. The van der Waals surface area contributed by atoms with Gasteiger partial charge in [-0.2, -0.15) is 0 Å². The zero-order chi connectivity index (χ0) is 23.9. The highest BCUT2D eigenvalue weighted by Crippen LogP contribution is 2.44. The summed E-state index contributed by atoms with van der Waals surface area (Å²) in [5, 5.41) is 11.6. The number of Topliss-reactive ketones (excluding diaryl/α,β-unsaturated/α-hetero) is 1. The molecular weight excluding hydrogens is 438 g/mol. The van der Waals surface area contributed by atoms with Gasteiger partial charge in [0, 0.05) is 11.6 Å². The number of ether oxygens (including phenoxy) is 4. The number of anilines is 1. The molecule has 0 aliphatic carbocycles. The molecule has 0 unspecified atom stereocenters. The number of methoxy groups -OCH3 is 2. The average molecular weight is 461 g/mol. The van der Waals surface area contributed by atoms with Gasteiger partial charge in [0.2, 0.25) is 6.79 Å². The Bertz CT molecular complexity index is 1290. The summed E-state index contributed by atoms with van der Waals surface area (Å²) in [7, 11) is 2.96. The first-order valence-electron chi connectivity index (χ1n) is 10.7. The number of fused-ring (bicyclic) bond motifs is 2. The fourth-order valence-electron chi connectivity index (χ4n) is 4.41. The molecule has 5 rings (SSSR count). The summed E-state index contributed by atoms with van der Waals surface area (Å²) < 4.78 is 21.3. The van der Waals surface area contributed by atoms with Crippen LogP contribution in [0.3, 0.4) is 0 Å². The standard InChI is InChI=1S/C26H23NO7/c1-31-17-8-9-18(23(12-17)32-2)21(28)13-26(30)19-5-3-4-6-20(19)27(25(26)29)14-16-7-10-22-24(11-16)34-15-33-22/h3-12,30H,13-15H2,1-2H3/t26-/m1/s1. The Morgan fingerprint density at radius 3 is 2.62 bits per heavy atom. The van der Waals surface area contributed by atoms with Gasteiger partial charge >= 0.3 is 0 Å². The van der Waals surface area contributed by atoms with Crippen LogP contribution in [-0.4, -0.2) is 37.8 Å². The number of carbonyl (C=O) groups excluding carboxylic acids is 2. The van der Waals surface area contributed by atoms with Crippen molar-refractivity contribution in [3.05, 3.63) is 77.4 Å². The highest BCUT2D eigenvalue weighted by atomic mass is 16.7. The fourth-order valence-corrected chi connectivity index (χ4v) is 4.41. The van der Waals surface area contributed by atoms with Crippen molar-refractivity contribution in [3.8, 4) is 23.0 Å². The van der Waals surface area contributed by atoms with E-state index in [1.165, 1.54) is 19.1 Å². The van der Waals surface area contributed by atoms with Crippen LogP contribution in [0.2, 0.25) is 0 Å². The Balaban J connectivity index is 1.46. The first kappa shape index (κ1) is 21.8. The summed E-state index contributed by atoms with van der Waals surface area (Å²) in [4.78, 5) is 28.3. The molecule has 2 heterocycles. The third-order valence-corrected chi connectivity index (χ3v) is 6.14. The Kier molecular flexibility index (Phi) is 5.37. The molecule has 3 aromatic rings. The molecule has 0 bridgehead atoms. The zero-order valence-corrected chi connectivity index (χ0v) is 18.7. The van der Waals surface area contributed by atoms with Gasteiger partial charge in [0.05, 0.1) is 38.4 Å². The van der Waals surface area contributed by atoms with E-state index in [9.17, 15) is 14.7 Å². The van der Waals surface area contributed by atoms with Gasteiger partial charge in [-0.1, -0.05) is 24.3 Å². The van der Waals surface area contributed by atoms with Gasteiger partial charge in [0.25, 0.3) is 5.91 Å². The Labute approximate surface area is 196 Å². The van der Waals surface area contributed by atoms with Gasteiger partial charge in [0.15, 0.2) is 22.9 Å². The number of benzene rings is 3. The second-order valence-electron chi connectivity index (χ2n) is 8.12. The van der Waals surface area contributed by atoms with Gasteiger partial charge in [-0.05, 0) is 35.9 Å². The molecule has 0 spiro atoms. The van der Waals surface area contributed by atoms with E-state index in [0.717, 1.165) is 5.56 Å². The minimum atomic E-state index is -2.01. The molecule has 0 radical (unpaired) electrons. The molecule has 3 aromatic carbocycles. The number of aliphatic hydroxyl groups is 1. The number of carbonyl (C=O) groups is 2. The van der Waals surface area contributed by atoms with Gasteiger partial charge in [-0.25, -0.2) is 0 Å². The molecule has 0 fully saturated rings. The number of rotatable bonds is 7. The fraction of sp³-hybridized carbons (Fsp3) is 0.231. The maximum Gasteiger partial charge on any atom is 0.264 e. The number of hydrogen-bond donors (Lipinski definition) is 1. The van der Waals surface area contributed by atoms with E-state index in [-0.39, 0.29) is 18.9 Å². The van der Waals surface area contributed by atoms with Gasteiger partial charge < -0.3 is 29.0 Å². The van der Waals surface area contributed by atoms with Gasteiger partial charge in [-0.3, -0.25) is 9.59 Å². The number of hydrogen-bond acceptors (Lipinski definition) is 7. The van der Waals surface area contributed by atoms with E-state index >= 15 is 0 Å². The molecule has 1 atom stereocenters. The second kappa shape index (κ2) is 8.39. The normalized spacial score (nSPS) is 18.1. The van der Waals surface area contributed by atoms with Crippen LogP contribution in [0.25, 0.3) is 0 Å². The second-order valence-corrected chi connectivity index (χ2v) is 8.12. The van der Waals surface area contributed by atoms with Crippen molar-refractivity contribution in [2.75, 3.05) is 25.9 Å². The Morgan fingerprint density at radius 2 is 1.82 bits per heavy atom. The first-order chi connectivity index (χ1) is 16.4. The SMILES string of the molecule is COc1ccc(C(=O)C[C@]2(O)C(=O)N(Cc3ccc4c(c3)OCO4)c3ccccc32)c(OC)c1. The summed E-state index contributed by atoms with van der Waals surface area (Å²) in [5.74, 6) is 1.11. The van der Waals surface area contributed by atoms with E-state index in [0.29, 0.717) is 34.2 Å². The lowest BCUT2D eigenvalue weighted by atomic mass is 9.88. The van der Waals surface area contributed by atoms with Crippen LogP contribution in [0.15, 0.2) is 60.7 Å². The lowest BCUT2D eigenvalue weighted by Crippen LogP contribution is -2.41. The van der Waals surface area contributed by atoms with Crippen molar-refractivity contribution in [1.29, 1.82) is 0 Å². The molecule has 174 valence electrons. The van der Waals surface area contributed by atoms with Crippen LogP contribution < -0.4 is 23.8 Å². The molecule has 0 aromatic heterocycles. The zero-order valence-electron chi connectivity index (χ0n) is 18.7. The maximum atomic E-state index is 13.6. The smallest absolute Gasteiger partial charge is 0.264 e. The van der Waals surface area contributed by atoms with Gasteiger partial charge in [-0.15, -0.1) is 0 Å². The molecule has 2 aliphatic rings. The third kappa shape index (κ3) is 3.52. The molecule has 1 N–H and O–H groups in total. The van der Waals surface area contributed by atoms with Crippen LogP contribution >= 0.6 is 0 Å². The van der Waals surface area contributed by atoms with Crippen LogP contribution in [0.1, 0.15) is 27.9 Å². The van der Waals surface area contributed by atoms with Crippen molar-refractivity contribution in [1.82, 2.24) is 0 Å². The molecule has 8 heteroatoms. The van der Waals surface area contributed by atoms with E-state index in [2.05, 4.69) is 0 Å². The molecular formula is C26H23NO7. The lowest BCUT2D eigenvalue weighted by molar-refractivity contribution is -0.136. The maximum absolute atomic E-state index is 13.6. The lowest BCUT2D eigenvalue weighted by Gasteiger charge is -2.23. The highest BCUT2D eigenvalue weighted by molar-refractivity contribution is 6.11. The summed E-state index contributed by atoms with van der Waals surface area (Å²) >= 11 is 0. The average Bonchev–Trinajstić information content (AvgIpc) is 3.41. The topological polar surface area (TPSA) is 94.5 Å².